The van der Waals surface area contributed by atoms with Crippen LogP contribution in [0.4, 0.5) is 0 Å². The van der Waals surface area contributed by atoms with Gasteiger partial charge in [0.2, 0.25) is 23.6 Å². The van der Waals surface area contributed by atoms with Gasteiger partial charge in [0.15, 0.2) is 0 Å². The van der Waals surface area contributed by atoms with Gasteiger partial charge >= 0.3 is 0 Å². The highest BCUT2D eigenvalue weighted by Crippen LogP contribution is 2.68. The van der Waals surface area contributed by atoms with Crippen LogP contribution in [-0.2, 0) is 19.2 Å². The quantitative estimate of drug-likeness (QED) is 0.493. The second-order valence-corrected chi connectivity index (χ2v) is 11.5. The van der Waals surface area contributed by atoms with Crippen molar-refractivity contribution in [3.8, 4) is 0 Å². The summed E-state index contributed by atoms with van der Waals surface area (Å²) in [6, 6.07) is 0.113. The molecule has 32 heavy (non-hydrogen) atoms. The normalized spacial score (nSPS) is 45.9. The minimum absolute atomic E-state index is 0.00839. The summed E-state index contributed by atoms with van der Waals surface area (Å²) in [4.78, 5) is 57.4. The second-order valence-electron chi connectivity index (χ2n) is 11.5. The topological polar surface area (TPSA) is 74.8 Å². The van der Waals surface area contributed by atoms with Gasteiger partial charge in [-0.1, -0.05) is 50.7 Å². The Bertz CT molecular complexity index is 874. The molecule has 6 fully saturated rings. The molecule has 0 spiro atoms. The minimum Gasteiger partial charge on any atom is -0.279 e. The van der Waals surface area contributed by atoms with Gasteiger partial charge in [0.25, 0.3) is 0 Å². The Morgan fingerprint density at radius 1 is 0.500 bits per heavy atom. The molecule has 170 valence electrons. The van der Waals surface area contributed by atoms with Crippen molar-refractivity contribution in [1.29, 1.82) is 0 Å². The molecule has 8 atom stereocenters. The van der Waals surface area contributed by atoms with Gasteiger partial charge in [-0.15, -0.1) is 0 Å². The largest absolute Gasteiger partial charge is 0.279 e. The molecule has 2 aliphatic heterocycles. The van der Waals surface area contributed by atoms with Gasteiger partial charge in [-0.05, 0) is 49.4 Å². The monoisotopic (exact) mass is 436 g/mol. The summed E-state index contributed by atoms with van der Waals surface area (Å²) in [5, 5.41) is 0. The van der Waals surface area contributed by atoms with E-state index in [0.29, 0.717) is 0 Å². The van der Waals surface area contributed by atoms with E-state index in [-0.39, 0.29) is 83.1 Å². The van der Waals surface area contributed by atoms with Crippen molar-refractivity contribution in [1.82, 2.24) is 9.80 Å². The van der Waals surface area contributed by atoms with E-state index in [2.05, 4.69) is 12.2 Å². The van der Waals surface area contributed by atoms with Gasteiger partial charge in [-0.25, -0.2) is 0 Å². The van der Waals surface area contributed by atoms with Crippen molar-refractivity contribution in [2.75, 3.05) is 0 Å². The molecule has 4 saturated carbocycles. The molecular formula is C26H32N2O4. The first-order valence-electron chi connectivity index (χ1n) is 13.0. The number of fused-ring (bicyclic) bond motifs is 1. The summed E-state index contributed by atoms with van der Waals surface area (Å²) in [6.45, 7) is 0. The number of likely N-dealkylation sites (tertiary alicyclic amines) is 2. The summed E-state index contributed by atoms with van der Waals surface area (Å²) in [5.74, 6) is -1.11. The average molecular weight is 437 g/mol. The van der Waals surface area contributed by atoms with E-state index in [4.69, 9.17) is 0 Å². The molecule has 6 aliphatic carbocycles. The zero-order chi connectivity index (χ0) is 21.7. The lowest BCUT2D eigenvalue weighted by Gasteiger charge is -2.60. The Balaban J connectivity index is 1.20. The number of amides is 4. The highest BCUT2D eigenvalue weighted by atomic mass is 16.2. The van der Waals surface area contributed by atoms with Crippen LogP contribution in [0.25, 0.3) is 0 Å². The molecule has 0 N–H and O–H groups in total. The van der Waals surface area contributed by atoms with Crippen LogP contribution < -0.4 is 0 Å². The SMILES string of the molecule is O=C1[C@@H]2[C@H]3C=C[C@@H]([C@@H]2C(=O)N1C1CCCCC1)[C@@H]1[C@@H]2C(=O)N(C4CCCCC4)C(=O)[C@@H]2[C@H]31. The van der Waals surface area contributed by atoms with E-state index < -0.39 is 0 Å². The maximum atomic E-state index is 13.6. The maximum Gasteiger partial charge on any atom is 0.233 e. The summed E-state index contributed by atoms with van der Waals surface area (Å²) in [7, 11) is 0. The first-order valence-corrected chi connectivity index (χ1v) is 13.0. The molecule has 0 radical (unpaired) electrons. The van der Waals surface area contributed by atoms with Crippen LogP contribution in [0, 0.1) is 47.3 Å². The zero-order valence-corrected chi connectivity index (χ0v) is 18.5. The number of hydrogen-bond donors (Lipinski definition) is 0. The Kier molecular flexibility index (Phi) is 4.12. The average Bonchev–Trinajstić information content (AvgIpc) is 3.19. The lowest BCUT2D eigenvalue weighted by atomic mass is 9.40. The van der Waals surface area contributed by atoms with Gasteiger partial charge in [0.05, 0.1) is 23.7 Å². The number of hydrogen-bond acceptors (Lipinski definition) is 4. The molecule has 6 nitrogen and oxygen atoms in total. The van der Waals surface area contributed by atoms with Gasteiger partial charge in [-0.2, -0.15) is 0 Å². The molecule has 4 amide bonds. The van der Waals surface area contributed by atoms with Crippen molar-refractivity contribution in [3.63, 3.8) is 0 Å². The van der Waals surface area contributed by atoms with Crippen LogP contribution >= 0.6 is 0 Å². The number of imide groups is 2. The van der Waals surface area contributed by atoms with Crippen LogP contribution in [0.5, 0.6) is 0 Å². The predicted octanol–water partition coefficient (Wildman–Crippen LogP) is 2.92. The van der Waals surface area contributed by atoms with Crippen molar-refractivity contribution < 1.29 is 19.2 Å². The molecule has 8 rings (SSSR count). The summed E-state index contributed by atoms with van der Waals surface area (Å²) in [6.07, 6.45) is 14.6. The van der Waals surface area contributed by atoms with E-state index in [9.17, 15) is 19.2 Å². The van der Waals surface area contributed by atoms with Gasteiger partial charge in [0, 0.05) is 12.1 Å². The molecule has 2 saturated heterocycles. The molecule has 2 heterocycles. The minimum atomic E-state index is -0.312. The predicted molar refractivity (Wildman–Crippen MR) is 115 cm³/mol. The first-order chi connectivity index (χ1) is 15.6. The number of nitrogens with zero attached hydrogens (tertiary/aromatic N) is 2. The fourth-order valence-corrected chi connectivity index (χ4v) is 9.05. The second kappa shape index (κ2) is 6.77. The van der Waals surface area contributed by atoms with Gasteiger partial charge < -0.3 is 0 Å². The molecular weight excluding hydrogens is 404 g/mol. The number of allylic oxidation sites excluding steroid dienone is 2. The van der Waals surface area contributed by atoms with Crippen molar-refractivity contribution >= 4 is 23.6 Å². The van der Waals surface area contributed by atoms with E-state index in [1.165, 1.54) is 12.8 Å². The third-order valence-electron chi connectivity index (χ3n) is 10.3. The lowest BCUT2D eigenvalue weighted by molar-refractivity contribution is -0.166. The number of carbonyl (C=O) groups excluding carboxylic acids is 4. The fraction of sp³-hybridized carbons (Fsp3) is 0.769. The van der Waals surface area contributed by atoms with Crippen LogP contribution in [-0.4, -0.2) is 45.5 Å². The highest BCUT2D eigenvalue weighted by molar-refractivity contribution is 6.09. The van der Waals surface area contributed by atoms with Crippen LogP contribution in [0.15, 0.2) is 12.2 Å². The summed E-state index contributed by atoms with van der Waals surface area (Å²) < 4.78 is 0. The Hall–Kier alpha value is -1.98. The lowest BCUT2D eigenvalue weighted by Crippen LogP contribution is -2.63. The van der Waals surface area contributed by atoms with Crippen LogP contribution in [0.2, 0.25) is 0 Å². The standard InChI is InChI=1S/C26H32N2O4/c29-23-19-15-11-12-16(20(19)24(30)27(23)13-7-3-1-4-8-13)18-17(15)21-22(18)26(32)28(25(21)31)14-9-5-2-6-10-14/h11-22H,1-10H2/t15-,16+,17+,18-,19+,20-,21+,22-. The van der Waals surface area contributed by atoms with Gasteiger partial charge in [-0.3, -0.25) is 29.0 Å². The number of rotatable bonds is 2. The molecule has 2 bridgehead atoms. The van der Waals surface area contributed by atoms with Crippen molar-refractivity contribution in [2.24, 2.45) is 47.3 Å². The van der Waals surface area contributed by atoms with Gasteiger partial charge in [0.1, 0.15) is 0 Å². The van der Waals surface area contributed by atoms with E-state index in [0.717, 1.165) is 51.4 Å². The Morgan fingerprint density at radius 2 is 0.844 bits per heavy atom. The molecule has 0 aromatic carbocycles. The van der Waals surface area contributed by atoms with Crippen LogP contribution in [0.3, 0.4) is 0 Å². The zero-order valence-electron chi connectivity index (χ0n) is 18.5. The smallest absolute Gasteiger partial charge is 0.233 e. The Labute approximate surface area is 188 Å². The first kappa shape index (κ1) is 19.5. The third kappa shape index (κ3) is 2.27. The summed E-state index contributed by atoms with van der Waals surface area (Å²) in [5.41, 5.74) is 0. The van der Waals surface area contributed by atoms with Crippen LogP contribution in [0.1, 0.15) is 64.2 Å². The highest BCUT2D eigenvalue weighted by Gasteiger charge is 2.75. The Morgan fingerprint density at radius 3 is 1.22 bits per heavy atom. The molecule has 0 unspecified atom stereocenters. The van der Waals surface area contributed by atoms with E-state index in [1.54, 1.807) is 9.80 Å². The van der Waals surface area contributed by atoms with E-state index in [1.807, 2.05) is 0 Å². The van der Waals surface area contributed by atoms with Crippen molar-refractivity contribution in [3.05, 3.63) is 12.2 Å². The molecule has 6 heteroatoms. The fourth-order valence-electron chi connectivity index (χ4n) is 9.05. The number of carbonyl (C=O) groups is 4. The van der Waals surface area contributed by atoms with Crippen molar-refractivity contribution in [2.45, 2.75) is 76.3 Å². The third-order valence-corrected chi connectivity index (χ3v) is 10.3. The molecule has 0 aromatic heterocycles. The molecule has 0 aromatic rings. The summed E-state index contributed by atoms with van der Waals surface area (Å²) >= 11 is 0. The van der Waals surface area contributed by atoms with E-state index >= 15 is 0 Å². The maximum absolute atomic E-state index is 13.6. The molecule has 8 aliphatic rings.